The van der Waals surface area contributed by atoms with Gasteiger partial charge in [-0.3, -0.25) is 9.32 Å². The van der Waals surface area contributed by atoms with Crippen LogP contribution in [0, 0.1) is 0 Å². The molecule has 10 nitrogen and oxygen atoms in total. The first-order valence-corrected chi connectivity index (χ1v) is 6.81. The van der Waals surface area contributed by atoms with Crippen molar-refractivity contribution in [3.05, 3.63) is 0 Å². The van der Waals surface area contributed by atoms with Crippen LogP contribution in [0.4, 0.5) is 0 Å². The van der Waals surface area contributed by atoms with Gasteiger partial charge in [-0.15, -0.1) is 0 Å². The van der Waals surface area contributed by atoms with E-state index in [4.69, 9.17) is 14.5 Å². The first-order chi connectivity index (χ1) is 8.61. The second-order valence-corrected chi connectivity index (χ2v) is 5.30. The molecule has 0 bridgehead atoms. The van der Waals surface area contributed by atoms with E-state index in [2.05, 4.69) is 9.84 Å². The van der Waals surface area contributed by atoms with Crippen LogP contribution in [0.25, 0.3) is 0 Å². The molecule has 13 heteroatoms. The summed E-state index contributed by atoms with van der Waals surface area (Å²) in [6, 6.07) is -1.25. The molecular weight excluding hydrogens is 331 g/mol. The van der Waals surface area contributed by atoms with Crippen LogP contribution in [0.2, 0.25) is 0 Å². The molecule has 5 unspecified atom stereocenters. The maximum atomic E-state index is 10.9. The molecule has 1 amide bonds. The number of hydrogen-bond acceptors (Lipinski definition) is 7. The van der Waals surface area contributed by atoms with Gasteiger partial charge in [-0.1, -0.05) is 0 Å². The predicted octanol–water partition coefficient (Wildman–Crippen LogP) is -3.72. The van der Waals surface area contributed by atoms with E-state index < -0.39 is 51.0 Å². The van der Waals surface area contributed by atoms with Crippen molar-refractivity contribution >= 4 is 72.8 Å². The van der Waals surface area contributed by atoms with Gasteiger partial charge in [0, 0.05) is 66.0 Å². The molecule has 6 N–H and O–H groups in total. The third-order valence-corrected chi connectivity index (χ3v) is 2.98. The number of ether oxygens (including phenoxy) is 1. The Morgan fingerprint density at radius 3 is 2.19 bits per heavy atom. The Morgan fingerprint density at radius 1 is 1.24 bits per heavy atom. The molecule has 114 valence electrons. The first kappa shape index (κ1) is 24.7. The molecule has 1 rings (SSSR count). The number of amides is 1. The van der Waals surface area contributed by atoms with E-state index in [0.29, 0.717) is 0 Å². The fraction of sp³-hybridized carbons (Fsp3) is 0.875. The molecular formula is C8H16NNa2O9P. The fourth-order valence-corrected chi connectivity index (χ4v) is 1.99. The first-order valence-electron chi connectivity index (χ1n) is 5.28. The maximum Gasteiger partial charge on any atom is 0.469 e. The zero-order valence-corrected chi connectivity index (χ0v) is 16.8. The second-order valence-electron chi connectivity index (χ2n) is 4.06. The molecule has 0 aromatic carbocycles. The molecule has 21 heavy (non-hydrogen) atoms. The Morgan fingerprint density at radius 2 is 1.76 bits per heavy atom. The average Bonchev–Trinajstić information content (AvgIpc) is 2.26. The molecule has 5 atom stereocenters. The summed E-state index contributed by atoms with van der Waals surface area (Å²) in [5, 5.41) is 31.1. The summed E-state index contributed by atoms with van der Waals surface area (Å²) < 4.78 is 19.5. The van der Waals surface area contributed by atoms with Crippen LogP contribution in [0.5, 0.6) is 0 Å². The third kappa shape index (κ3) is 8.18. The fourth-order valence-electron chi connectivity index (χ4n) is 1.65. The average molecular weight is 347 g/mol. The van der Waals surface area contributed by atoms with E-state index in [0.717, 1.165) is 6.92 Å². The molecule has 0 saturated carbocycles. The van der Waals surface area contributed by atoms with Crippen LogP contribution in [0.1, 0.15) is 6.92 Å². The summed E-state index contributed by atoms with van der Waals surface area (Å²) in [4.78, 5) is 27.9. The number of phosphoric acid groups is 1. The van der Waals surface area contributed by atoms with Crippen molar-refractivity contribution in [1.82, 2.24) is 5.32 Å². The Hall–Kier alpha value is 1.42. The molecule has 1 aliphatic rings. The van der Waals surface area contributed by atoms with Crippen molar-refractivity contribution in [2.45, 2.75) is 37.6 Å². The topological polar surface area (TPSA) is 166 Å². The summed E-state index contributed by atoms with van der Waals surface area (Å²) in [7, 11) is -4.76. The quantitative estimate of drug-likeness (QED) is 0.221. The smallest absolute Gasteiger partial charge is 0.388 e. The van der Waals surface area contributed by atoms with Crippen LogP contribution in [-0.2, 0) is 18.6 Å². The number of aliphatic hydroxyl groups is 3. The number of aliphatic hydroxyl groups excluding tert-OH is 3. The predicted molar refractivity (Wildman–Crippen MR) is 70.0 cm³/mol. The molecule has 1 heterocycles. The van der Waals surface area contributed by atoms with E-state index in [9.17, 15) is 24.7 Å². The van der Waals surface area contributed by atoms with Gasteiger partial charge < -0.3 is 35.2 Å². The second kappa shape index (κ2) is 10.3. The van der Waals surface area contributed by atoms with Gasteiger partial charge in [-0.2, -0.15) is 0 Å². The minimum atomic E-state index is -4.76. The minimum Gasteiger partial charge on any atom is -0.388 e. The summed E-state index contributed by atoms with van der Waals surface area (Å²) in [5.41, 5.74) is 0. The molecule has 1 saturated heterocycles. The molecule has 0 aliphatic carbocycles. The van der Waals surface area contributed by atoms with Gasteiger partial charge in [0.1, 0.15) is 24.4 Å². The standard InChI is InChI=1S/C8H16NO9P.2Na/c1-3(10)9-5-7(12)6(11)4(18-8(5)13)2-17-19(14,15)16;;/h4-8,11-13H,2H2,1H3,(H,9,10)(H2,14,15,16);;. The van der Waals surface area contributed by atoms with Gasteiger partial charge in [-0.05, 0) is 0 Å². The molecule has 1 fully saturated rings. The normalized spacial score (nSPS) is 32.6. The Balaban J connectivity index is 0. The van der Waals surface area contributed by atoms with Crippen LogP contribution >= 0.6 is 7.82 Å². The number of rotatable bonds is 4. The molecule has 0 aromatic heterocycles. The largest absolute Gasteiger partial charge is 0.469 e. The van der Waals surface area contributed by atoms with Gasteiger partial charge >= 0.3 is 7.82 Å². The third-order valence-electron chi connectivity index (χ3n) is 2.50. The SMILES string of the molecule is CC(=O)NC1C(O)OC(COP(=O)(O)O)C(O)C1O.[Na].[Na]. The zero-order chi connectivity index (χ0) is 14.8. The summed E-state index contributed by atoms with van der Waals surface area (Å²) in [6.07, 6.45) is -6.15. The van der Waals surface area contributed by atoms with E-state index in [-0.39, 0.29) is 59.1 Å². The van der Waals surface area contributed by atoms with Crippen molar-refractivity contribution in [2.24, 2.45) is 0 Å². The number of phosphoric ester groups is 1. The minimum absolute atomic E-state index is 0. The Labute approximate surface area is 165 Å². The van der Waals surface area contributed by atoms with Gasteiger partial charge in [0.05, 0.1) is 6.61 Å². The van der Waals surface area contributed by atoms with E-state index in [1.165, 1.54) is 0 Å². The van der Waals surface area contributed by atoms with Gasteiger partial charge in [0.2, 0.25) is 5.91 Å². The van der Waals surface area contributed by atoms with Crippen molar-refractivity contribution < 1.29 is 43.7 Å². The zero-order valence-electron chi connectivity index (χ0n) is 11.9. The monoisotopic (exact) mass is 347 g/mol. The summed E-state index contributed by atoms with van der Waals surface area (Å²) in [6.45, 7) is 0.418. The van der Waals surface area contributed by atoms with Crippen molar-refractivity contribution in [3.63, 3.8) is 0 Å². The van der Waals surface area contributed by atoms with Gasteiger partial charge in [0.15, 0.2) is 6.29 Å². The molecule has 0 aromatic rings. The van der Waals surface area contributed by atoms with E-state index in [1.807, 2.05) is 0 Å². The van der Waals surface area contributed by atoms with Crippen molar-refractivity contribution in [1.29, 1.82) is 0 Å². The maximum absolute atomic E-state index is 10.9. The van der Waals surface area contributed by atoms with Crippen molar-refractivity contribution in [2.75, 3.05) is 6.61 Å². The van der Waals surface area contributed by atoms with Crippen LogP contribution in [0.3, 0.4) is 0 Å². The molecule has 2 radical (unpaired) electrons. The number of carbonyl (C=O) groups excluding carboxylic acids is 1. The van der Waals surface area contributed by atoms with Crippen LogP contribution in [0.15, 0.2) is 0 Å². The van der Waals surface area contributed by atoms with Gasteiger partial charge in [-0.25, -0.2) is 4.57 Å². The number of hydrogen-bond donors (Lipinski definition) is 6. The van der Waals surface area contributed by atoms with E-state index >= 15 is 0 Å². The number of carbonyl (C=O) groups is 1. The van der Waals surface area contributed by atoms with Crippen LogP contribution < -0.4 is 5.32 Å². The molecule has 0 spiro atoms. The molecule has 1 aliphatic heterocycles. The van der Waals surface area contributed by atoms with Crippen LogP contribution in [-0.4, -0.2) is 127 Å². The van der Waals surface area contributed by atoms with Crippen molar-refractivity contribution in [3.8, 4) is 0 Å². The Bertz CT molecular complexity index is 381. The summed E-state index contributed by atoms with van der Waals surface area (Å²) in [5.74, 6) is -0.552. The Kier molecular flexibility index (Phi) is 12.1. The summed E-state index contributed by atoms with van der Waals surface area (Å²) >= 11 is 0. The van der Waals surface area contributed by atoms with Gasteiger partial charge in [0.25, 0.3) is 0 Å². The number of nitrogens with one attached hydrogen (secondary N) is 1. The van der Waals surface area contributed by atoms with E-state index in [1.54, 1.807) is 0 Å².